The van der Waals surface area contributed by atoms with Gasteiger partial charge in [-0.3, -0.25) is 4.79 Å². The molecule has 0 aliphatic rings. The first-order valence-electron chi connectivity index (χ1n) is 6.19. The number of anilines is 1. The monoisotopic (exact) mass is 278 g/mol. The molecule has 0 bridgehead atoms. The number of aryl methyl sites for hydroxylation is 1. The molecule has 0 unspecified atom stereocenters. The van der Waals surface area contributed by atoms with E-state index in [1.54, 1.807) is 17.7 Å². The van der Waals surface area contributed by atoms with Crippen molar-refractivity contribution in [1.29, 1.82) is 0 Å². The van der Waals surface area contributed by atoms with E-state index in [0.717, 1.165) is 16.0 Å². The van der Waals surface area contributed by atoms with E-state index in [0.29, 0.717) is 6.54 Å². The smallest absolute Gasteiger partial charge is 0.239 e. The molecule has 2 aromatic heterocycles. The predicted octanol–water partition coefficient (Wildman–Crippen LogP) is 1.96. The molecule has 0 aliphatic carbocycles. The number of likely N-dealkylation sites (N-methyl/N-ethyl adjacent to an activating group) is 1. The highest BCUT2D eigenvalue weighted by molar-refractivity contribution is 7.18. The number of nitrogens with one attached hydrogen (secondary N) is 1. The molecule has 0 fully saturated rings. The Bertz CT molecular complexity index is 593. The maximum Gasteiger partial charge on any atom is 0.239 e. The summed E-state index contributed by atoms with van der Waals surface area (Å²) < 4.78 is 0. The number of fused-ring (bicyclic) bond motifs is 1. The van der Waals surface area contributed by atoms with Crippen molar-refractivity contribution in [3.8, 4) is 0 Å². The predicted molar refractivity (Wildman–Crippen MR) is 78.7 cm³/mol. The highest BCUT2D eigenvalue weighted by atomic mass is 32.1. The van der Waals surface area contributed by atoms with Crippen LogP contribution in [0, 0.1) is 6.92 Å². The van der Waals surface area contributed by atoms with Gasteiger partial charge in [-0.25, -0.2) is 9.97 Å². The van der Waals surface area contributed by atoms with E-state index < -0.39 is 0 Å². The first kappa shape index (κ1) is 13.7. The lowest BCUT2D eigenvalue weighted by Gasteiger charge is -2.19. The molecule has 1 amide bonds. The first-order valence-corrected chi connectivity index (χ1v) is 7.00. The highest BCUT2D eigenvalue weighted by Gasteiger charge is 2.14. The average molecular weight is 278 g/mol. The van der Waals surface area contributed by atoms with Crippen molar-refractivity contribution in [3.63, 3.8) is 0 Å². The third-order valence-electron chi connectivity index (χ3n) is 2.62. The van der Waals surface area contributed by atoms with E-state index in [1.807, 2.05) is 32.7 Å². The molecule has 0 radical (unpaired) electrons. The number of aromatic nitrogens is 2. The van der Waals surface area contributed by atoms with Gasteiger partial charge in [0.1, 0.15) is 17.0 Å². The number of amides is 1. The van der Waals surface area contributed by atoms with Crippen LogP contribution in [0.1, 0.15) is 18.7 Å². The van der Waals surface area contributed by atoms with Crippen LogP contribution in [0.15, 0.2) is 12.4 Å². The second-order valence-corrected chi connectivity index (χ2v) is 6.09. The second kappa shape index (κ2) is 5.52. The summed E-state index contributed by atoms with van der Waals surface area (Å²) in [5.41, 5.74) is 0. The molecular weight excluding hydrogens is 260 g/mol. The van der Waals surface area contributed by atoms with Crippen molar-refractivity contribution in [2.24, 2.45) is 0 Å². The molecule has 0 aromatic carbocycles. The summed E-state index contributed by atoms with van der Waals surface area (Å²) >= 11 is 1.63. The summed E-state index contributed by atoms with van der Waals surface area (Å²) in [5.74, 6) is 0.796. The molecule has 2 heterocycles. The molecule has 0 saturated heterocycles. The Balaban J connectivity index is 2.21. The zero-order valence-corrected chi connectivity index (χ0v) is 12.4. The molecule has 1 N–H and O–H groups in total. The van der Waals surface area contributed by atoms with Crippen LogP contribution in [0.5, 0.6) is 0 Å². The average Bonchev–Trinajstić information content (AvgIpc) is 2.67. The molecule has 0 atom stereocenters. The van der Waals surface area contributed by atoms with Crippen LogP contribution >= 0.6 is 11.3 Å². The molecule has 0 saturated carbocycles. The molecule has 19 heavy (non-hydrogen) atoms. The number of nitrogens with zero attached hydrogens (tertiary/aromatic N) is 3. The largest absolute Gasteiger partial charge is 0.352 e. The number of carbonyl (C=O) groups excluding carboxylic acids is 1. The number of hydrogen-bond donors (Lipinski definition) is 1. The molecule has 6 heteroatoms. The summed E-state index contributed by atoms with van der Waals surface area (Å²) in [4.78, 5) is 24.3. The Kier molecular flexibility index (Phi) is 3.99. The molecule has 102 valence electrons. The SMILES string of the molecule is Cc1cc2c(N(C)CC(=O)NC(C)C)ncnc2s1. The van der Waals surface area contributed by atoms with E-state index in [9.17, 15) is 4.79 Å². The lowest BCUT2D eigenvalue weighted by molar-refractivity contribution is -0.120. The van der Waals surface area contributed by atoms with Crippen LogP contribution < -0.4 is 10.2 Å². The summed E-state index contributed by atoms with van der Waals surface area (Å²) in [7, 11) is 1.87. The van der Waals surface area contributed by atoms with Gasteiger partial charge >= 0.3 is 0 Å². The third kappa shape index (κ3) is 3.20. The standard InChI is InChI=1S/C13H18N4OS/c1-8(2)16-11(18)6-17(4)12-10-5-9(3)19-13(10)15-7-14-12/h5,7-8H,6H2,1-4H3,(H,16,18). The lowest BCUT2D eigenvalue weighted by atomic mass is 10.3. The van der Waals surface area contributed by atoms with Gasteiger partial charge in [0.05, 0.1) is 11.9 Å². The molecule has 0 spiro atoms. The van der Waals surface area contributed by atoms with Crippen LogP contribution in [-0.4, -0.2) is 35.5 Å². The Morgan fingerprint density at radius 3 is 2.89 bits per heavy atom. The highest BCUT2D eigenvalue weighted by Crippen LogP contribution is 2.28. The Morgan fingerprint density at radius 2 is 2.21 bits per heavy atom. The summed E-state index contributed by atoms with van der Waals surface area (Å²) in [6, 6.07) is 2.21. The maximum absolute atomic E-state index is 11.8. The van der Waals surface area contributed by atoms with Crippen LogP contribution in [0.2, 0.25) is 0 Å². The minimum atomic E-state index is -0.00351. The van der Waals surface area contributed by atoms with E-state index in [4.69, 9.17) is 0 Å². The van der Waals surface area contributed by atoms with Gasteiger partial charge in [0.2, 0.25) is 5.91 Å². The van der Waals surface area contributed by atoms with E-state index in [-0.39, 0.29) is 11.9 Å². The van der Waals surface area contributed by atoms with Crippen molar-refractivity contribution in [1.82, 2.24) is 15.3 Å². The zero-order valence-electron chi connectivity index (χ0n) is 11.6. The fourth-order valence-electron chi connectivity index (χ4n) is 1.93. The Morgan fingerprint density at radius 1 is 1.47 bits per heavy atom. The molecular formula is C13H18N4OS. The summed E-state index contributed by atoms with van der Waals surface area (Å²) in [6.45, 7) is 6.23. The normalized spacial score (nSPS) is 11.0. The van der Waals surface area contributed by atoms with Gasteiger partial charge in [-0.05, 0) is 26.8 Å². The minimum Gasteiger partial charge on any atom is -0.352 e. The van der Waals surface area contributed by atoms with Crippen molar-refractivity contribution in [3.05, 3.63) is 17.3 Å². The van der Waals surface area contributed by atoms with Crippen molar-refractivity contribution >= 4 is 33.3 Å². The van der Waals surface area contributed by atoms with Crippen molar-refractivity contribution in [2.75, 3.05) is 18.5 Å². The maximum atomic E-state index is 11.8. The van der Waals surface area contributed by atoms with Crippen molar-refractivity contribution in [2.45, 2.75) is 26.8 Å². The van der Waals surface area contributed by atoms with E-state index in [2.05, 4.69) is 21.4 Å². The number of hydrogen-bond acceptors (Lipinski definition) is 5. The van der Waals surface area contributed by atoms with Gasteiger partial charge in [0.15, 0.2) is 0 Å². The van der Waals surface area contributed by atoms with Gasteiger partial charge in [-0.1, -0.05) is 0 Å². The number of rotatable bonds is 4. The molecule has 2 rings (SSSR count). The van der Waals surface area contributed by atoms with E-state index >= 15 is 0 Å². The molecule has 2 aromatic rings. The van der Waals surface area contributed by atoms with Gasteiger partial charge in [0.25, 0.3) is 0 Å². The van der Waals surface area contributed by atoms with Gasteiger partial charge in [-0.15, -0.1) is 11.3 Å². The minimum absolute atomic E-state index is 0.00351. The fourth-order valence-corrected chi connectivity index (χ4v) is 2.77. The quantitative estimate of drug-likeness (QED) is 0.929. The van der Waals surface area contributed by atoms with Crippen LogP contribution in [-0.2, 0) is 4.79 Å². The Labute approximate surface area is 116 Å². The van der Waals surface area contributed by atoms with Crippen LogP contribution in [0.25, 0.3) is 10.2 Å². The number of thiophene rings is 1. The topological polar surface area (TPSA) is 58.1 Å². The van der Waals surface area contributed by atoms with Crippen LogP contribution in [0.4, 0.5) is 5.82 Å². The Hall–Kier alpha value is -1.69. The zero-order chi connectivity index (χ0) is 14.0. The number of carbonyl (C=O) groups is 1. The first-order chi connectivity index (χ1) is 8.97. The second-order valence-electron chi connectivity index (χ2n) is 4.85. The van der Waals surface area contributed by atoms with E-state index in [1.165, 1.54) is 4.88 Å². The third-order valence-corrected chi connectivity index (χ3v) is 3.58. The summed E-state index contributed by atoms with van der Waals surface area (Å²) in [6.07, 6.45) is 1.55. The van der Waals surface area contributed by atoms with Gasteiger partial charge in [-0.2, -0.15) is 0 Å². The summed E-state index contributed by atoms with van der Waals surface area (Å²) in [5, 5.41) is 3.88. The lowest BCUT2D eigenvalue weighted by Crippen LogP contribution is -2.38. The fraction of sp³-hybridized carbons (Fsp3) is 0.462. The molecule has 5 nitrogen and oxygen atoms in total. The van der Waals surface area contributed by atoms with Gasteiger partial charge < -0.3 is 10.2 Å². The van der Waals surface area contributed by atoms with Crippen molar-refractivity contribution < 1.29 is 4.79 Å². The van der Waals surface area contributed by atoms with Crippen LogP contribution in [0.3, 0.4) is 0 Å². The molecule has 0 aliphatic heterocycles. The van der Waals surface area contributed by atoms with Gasteiger partial charge in [0, 0.05) is 18.0 Å².